The smallest absolute Gasteiger partial charge is 0.143 e. The van der Waals surface area contributed by atoms with E-state index in [-0.39, 0.29) is 0 Å². The van der Waals surface area contributed by atoms with Crippen molar-refractivity contribution >= 4 is 60.9 Å². The van der Waals surface area contributed by atoms with Gasteiger partial charge < -0.3 is 13.7 Å². The standard InChI is InChI=1S/C42H27NO2/c1-2-12-28(13-3-1)31-14-4-7-19-36(31)43(37-20-11-23-40-41(37)35-16-6-9-22-39(35)44-40)30-26-24-29(25-27-30)32-17-10-18-34-33-15-5-8-21-38(33)45-42(32)34/h1-27H. The molecule has 0 amide bonds. The fraction of sp³-hybridized carbons (Fsp3) is 0. The average Bonchev–Trinajstić information content (AvgIpc) is 3.68. The Morgan fingerprint density at radius 1 is 0.356 bits per heavy atom. The summed E-state index contributed by atoms with van der Waals surface area (Å²) in [6.45, 7) is 0. The number of anilines is 3. The highest BCUT2D eigenvalue weighted by atomic mass is 16.3. The van der Waals surface area contributed by atoms with Crippen LogP contribution >= 0.6 is 0 Å². The Morgan fingerprint density at radius 3 is 1.78 bits per heavy atom. The van der Waals surface area contributed by atoms with E-state index >= 15 is 0 Å². The van der Waals surface area contributed by atoms with E-state index in [9.17, 15) is 0 Å². The third-order valence-corrected chi connectivity index (χ3v) is 8.69. The van der Waals surface area contributed by atoms with Crippen molar-refractivity contribution in [2.24, 2.45) is 0 Å². The lowest BCUT2D eigenvalue weighted by molar-refractivity contribution is 0.669. The van der Waals surface area contributed by atoms with Crippen LogP contribution < -0.4 is 4.90 Å². The van der Waals surface area contributed by atoms with Gasteiger partial charge in [-0.3, -0.25) is 0 Å². The van der Waals surface area contributed by atoms with Gasteiger partial charge in [0.25, 0.3) is 0 Å². The molecule has 2 aromatic heterocycles. The topological polar surface area (TPSA) is 29.5 Å². The number of hydrogen-bond acceptors (Lipinski definition) is 3. The largest absolute Gasteiger partial charge is 0.456 e. The predicted molar refractivity (Wildman–Crippen MR) is 187 cm³/mol. The maximum atomic E-state index is 6.38. The quantitative estimate of drug-likeness (QED) is 0.204. The first-order valence-electron chi connectivity index (χ1n) is 15.2. The predicted octanol–water partition coefficient (Wildman–Crippen LogP) is 12.3. The minimum Gasteiger partial charge on any atom is -0.456 e. The minimum atomic E-state index is 0.865. The molecule has 0 aliphatic rings. The third kappa shape index (κ3) is 4.13. The molecule has 0 aliphatic heterocycles. The van der Waals surface area contributed by atoms with Crippen LogP contribution in [-0.4, -0.2) is 0 Å². The molecule has 0 saturated carbocycles. The summed E-state index contributed by atoms with van der Waals surface area (Å²) in [5.41, 5.74) is 11.3. The molecule has 0 spiro atoms. The molecule has 0 bridgehead atoms. The monoisotopic (exact) mass is 577 g/mol. The Balaban J connectivity index is 1.26. The molecule has 7 aromatic carbocycles. The lowest BCUT2D eigenvalue weighted by Crippen LogP contribution is -2.11. The van der Waals surface area contributed by atoms with Gasteiger partial charge in [-0.25, -0.2) is 0 Å². The second kappa shape index (κ2) is 10.3. The zero-order valence-corrected chi connectivity index (χ0v) is 24.4. The molecule has 45 heavy (non-hydrogen) atoms. The van der Waals surface area contributed by atoms with Gasteiger partial charge in [-0.1, -0.05) is 121 Å². The maximum Gasteiger partial charge on any atom is 0.143 e. The molecule has 0 N–H and O–H groups in total. The van der Waals surface area contributed by atoms with Crippen LogP contribution in [0.2, 0.25) is 0 Å². The van der Waals surface area contributed by atoms with E-state index in [4.69, 9.17) is 8.83 Å². The molecular weight excluding hydrogens is 550 g/mol. The van der Waals surface area contributed by atoms with Crippen LogP contribution in [0.4, 0.5) is 17.1 Å². The van der Waals surface area contributed by atoms with Crippen LogP contribution in [0.25, 0.3) is 66.1 Å². The summed E-state index contributed by atoms with van der Waals surface area (Å²) >= 11 is 0. The highest BCUT2D eigenvalue weighted by Crippen LogP contribution is 2.46. The SMILES string of the molecule is c1ccc(-c2ccccc2N(c2ccc(-c3cccc4c3oc3ccccc34)cc2)c2cccc3oc4ccccc4c23)cc1. The summed E-state index contributed by atoms with van der Waals surface area (Å²) in [4.78, 5) is 2.36. The van der Waals surface area contributed by atoms with Crippen LogP contribution in [0.5, 0.6) is 0 Å². The second-order valence-corrected chi connectivity index (χ2v) is 11.3. The third-order valence-electron chi connectivity index (χ3n) is 8.69. The van der Waals surface area contributed by atoms with E-state index in [2.05, 4.69) is 144 Å². The van der Waals surface area contributed by atoms with Crippen molar-refractivity contribution < 1.29 is 8.83 Å². The molecule has 0 radical (unpaired) electrons. The van der Waals surface area contributed by atoms with Gasteiger partial charge in [-0.05, 0) is 53.6 Å². The first-order valence-corrected chi connectivity index (χ1v) is 15.2. The molecule has 0 unspecified atom stereocenters. The molecule has 2 heterocycles. The molecule has 0 fully saturated rings. The Morgan fingerprint density at radius 2 is 0.933 bits per heavy atom. The molecule has 212 valence electrons. The lowest BCUT2D eigenvalue weighted by Gasteiger charge is -2.28. The van der Waals surface area contributed by atoms with Gasteiger partial charge in [0.15, 0.2) is 0 Å². The zero-order valence-electron chi connectivity index (χ0n) is 24.4. The number of fused-ring (bicyclic) bond motifs is 6. The van der Waals surface area contributed by atoms with Crippen LogP contribution in [0.1, 0.15) is 0 Å². The number of rotatable bonds is 5. The number of benzene rings is 7. The summed E-state index contributed by atoms with van der Waals surface area (Å²) in [6, 6.07) is 57.2. The zero-order chi connectivity index (χ0) is 29.7. The van der Waals surface area contributed by atoms with Crippen molar-refractivity contribution in [2.45, 2.75) is 0 Å². The maximum absolute atomic E-state index is 6.38. The lowest BCUT2D eigenvalue weighted by atomic mass is 9.99. The van der Waals surface area contributed by atoms with Gasteiger partial charge in [0.2, 0.25) is 0 Å². The van der Waals surface area contributed by atoms with Gasteiger partial charge in [0.05, 0.1) is 16.8 Å². The molecular formula is C42H27NO2. The first kappa shape index (κ1) is 25.4. The molecule has 0 aliphatic carbocycles. The second-order valence-electron chi connectivity index (χ2n) is 11.3. The van der Waals surface area contributed by atoms with Gasteiger partial charge in [-0.15, -0.1) is 0 Å². The van der Waals surface area contributed by atoms with Crippen molar-refractivity contribution in [1.82, 2.24) is 0 Å². The first-order chi connectivity index (χ1) is 22.3. The van der Waals surface area contributed by atoms with Gasteiger partial charge in [0.1, 0.15) is 22.3 Å². The molecule has 9 aromatic rings. The van der Waals surface area contributed by atoms with Crippen molar-refractivity contribution in [3.8, 4) is 22.3 Å². The Hall–Kier alpha value is -6.06. The molecule has 0 atom stereocenters. The summed E-state index contributed by atoms with van der Waals surface area (Å²) in [7, 11) is 0. The van der Waals surface area contributed by atoms with Crippen molar-refractivity contribution in [2.75, 3.05) is 4.90 Å². The van der Waals surface area contributed by atoms with E-state index in [1.165, 1.54) is 0 Å². The van der Waals surface area contributed by atoms with E-state index in [0.29, 0.717) is 0 Å². The summed E-state index contributed by atoms with van der Waals surface area (Å²) in [6.07, 6.45) is 0. The minimum absolute atomic E-state index is 0.865. The number of furan rings is 2. The van der Waals surface area contributed by atoms with Crippen molar-refractivity contribution in [1.29, 1.82) is 0 Å². The van der Waals surface area contributed by atoms with E-state index in [1.54, 1.807) is 0 Å². The fourth-order valence-corrected chi connectivity index (χ4v) is 6.65. The highest BCUT2D eigenvalue weighted by Gasteiger charge is 2.22. The highest BCUT2D eigenvalue weighted by molar-refractivity contribution is 6.14. The van der Waals surface area contributed by atoms with Crippen LogP contribution in [-0.2, 0) is 0 Å². The normalized spacial score (nSPS) is 11.6. The summed E-state index contributed by atoms with van der Waals surface area (Å²) in [5.74, 6) is 0. The summed E-state index contributed by atoms with van der Waals surface area (Å²) in [5, 5.41) is 4.45. The van der Waals surface area contributed by atoms with Gasteiger partial charge >= 0.3 is 0 Å². The Labute approximate surface area is 260 Å². The molecule has 9 rings (SSSR count). The van der Waals surface area contributed by atoms with Crippen LogP contribution in [0, 0.1) is 0 Å². The average molecular weight is 578 g/mol. The van der Waals surface area contributed by atoms with E-state index < -0.39 is 0 Å². The summed E-state index contributed by atoms with van der Waals surface area (Å²) < 4.78 is 12.7. The van der Waals surface area contributed by atoms with Gasteiger partial charge in [0, 0.05) is 33.0 Å². The molecule has 3 nitrogen and oxygen atoms in total. The van der Waals surface area contributed by atoms with E-state index in [0.717, 1.165) is 83.2 Å². The molecule has 0 saturated heterocycles. The fourth-order valence-electron chi connectivity index (χ4n) is 6.65. The van der Waals surface area contributed by atoms with E-state index in [1.807, 2.05) is 24.3 Å². The number of nitrogens with zero attached hydrogens (tertiary/aromatic N) is 1. The van der Waals surface area contributed by atoms with Crippen LogP contribution in [0.15, 0.2) is 173 Å². The van der Waals surface area contributed by atoms with Crippen molar-refractivity contribution in [3.63, 3.8) is 0 Å². The Bertz CT molecular complexity index is 2490. The van der Waals surface area contributed by atoms with Crippen LogP contribution in [0.3, 0.4) is 0 Å². The molecule has 3 heteroatoms. The van der Waals surface area contributed by atoms with Crippen molar-refractivity contribution in [3.05, 3.63) is 164 Å². The van der Waals surface area contributed by atoms with Gasteiger partial charge in [-0.2, -0.15) is 0 Å². The number of hydrogen-bond donors (Lipinski definition) is 0. The Kier molecular flexibility index (Phi) is 5.82. The number of para-hydroxylation sites is 4.